The number of rotatable bonds is 3. The monoisotopic (exact) mass is 411 g/mol. The lowest BCUT2D eigenvalue weighted by Gasteiger charge is -1.97. The van der Waals surface area contributed by atoms with E-state index in [1.165, 1.54) is 15.9 Å². The van der Waals surface area contributed by atoms with E-state index in [1.807, 2.05) is 30.5 Å². The summed E-state index contributed by atoms with van der Waals surface area (Å²) in [7, 11) is 0. The summed E-state index contributed by atoms with van der Waals surface area (Å²) in [6, 6.07) is 2.04. The van der Waals surface area contributed by atoms with Crippen LogP contribution in [-0.2, 0) is 0 Å². The minimum Gasteiger partial charge on any atom is -0.266 e. The molecule has 0 aliphatic heterocycles. The summed E-state index contributed by atoms with van der Waals surface area (Å²) < 4.78 is 2.32. The van der Waals surface area contributed by atoms with Crippen molar-refractivity contribution < 1.29 is 0 Å². The van der Waals surface area contributed by atoms with Crippen molar-refractivity contribution in [2.45, 2.75) is 26.7 Å². The number of hydrogen-bond acceptors (Lipinski definition) is 5. The second-order valence-corrected chi connectivity index (χ2v) is 9.79. The summed E-state index contributed by atoms with van der Waals surface area (Å²) >= 11 is 14.6. The molecule has 1 aliphatic carbocycles. The quantitative estimate of drug-likeness (QED) is 0.650. The molecule has 3 heterocycles. The summed E-state index contributed by atoms with van der Waals surface area (Å²) in [5, 5.41) is 6.49. The summed E-state index contributed by atoms with van der Waals surface area (Å²) in [6.07, 6.45) is 3.75. The number of thiophene rings is 1. The van der Waals surface area contributed by atoms with Gasteiger partial charge in [0.15, 0.2) is 5.82 Å². The average molecular weight is 412 g/mol. The van der Waals surface area contributed by atoms with Crippen molar-refractivity contribution in [1.82, 2.24) is 14.6 Å². The molecular formula is C17H15Cl2N3OS2. The van der Waals surface area contributed by atoms with Crippen molar-refractivity contribution in [3.8, 4) is 0 Å². The van der Waals surface area contributed by atoms with Crippen LogP contribution in [0.4, 0.5) is 0 Å². The molecule has 0 amide bonds. The van der Waals surface area contributed by atoms with Crippen molar-refractivity contribution in [3.63, 3.8) is 0 Å². The Balaban J connectivity index is 1.75. The summed E-state index contributed by atoms with van der Waals surface area (Å²) in [6.45, 7) is 6.29. The van der Waals surface area contributed by atoms with Crippen molar-refractivity contribution in [2.24, 2.45) is 11.3 Å². The summed E-state index contributed by atoms with van der Waals surface area (Å²) in [5.74, 6) is 0.992. The Kier molecular flexibility index (Phi) is 4.07. The minimum atomic E-state index is -0.118. The fourth-order valence-electron chi connectivity index (χ4n) is 3.25. The average Bonchev–Trinajstić information content (AvgIpc) is 2.95. The highest BCUT2D eigenvalue weighted by molar-refractivity contribution is 7.15. The van der Waals surface area contributed by atoms with Crippen LogP contribution in [0.25, 0.3) is 11.0 Å². The Labute approximate surface area is 162 Å². The van der Waals surface area contributed by atoms with E-state index < -0.39 is 0 Å². The molecule has 1 aliphatic rings. The Morgan fingerprint density at radius 2 is 2.16 bits per heavy atom. The third kappa shape index (κ3) is 2.85. The first-order chi connectivity index (χ1) is 11.8. The van der Waals surface area contributed by atoms with Gasteiger partial charge in [-0.1, -0.05) is 48.4 Å². The number of aryl methyl sites for hydroxylation is 1. The second kappa shape index (κ2) is 5.91. The Morgan fingerprint density at radius 1 is 1.40 bits per heavy atom. The first-order valence-corrected chi connectivity index (χ1v) is 10.2. The fraction of sp³-hybridized carbons (Fsp3) is 0.353. The molecule has 130 valence electrons. The Morgan fingerprint density at radius 3 is 2.76 bits per heavy atom. The molecular weight excluding hydrogens is 397 g/mol. The first-order valence-electron chi connectivity index (χ1n) is 7.77. The molecule has 0 bridgehead atoms. The molecule has 0 N–H and O–H groups in total. The number of allylic oxidation sites excluding steroid dienone is 1. The van der Waals surface area contributed by atoms with Crippen LogP contribution in [0.5, 0.6) is 0 Å². The zero-order valence-electron chi connectivity index (χ0n) is 13.8. The maximum absolute atomic E-state index is 12.6. The lowest BCUT2D eigenvalue weighted by atomic mass is 10.1. The molecule has 0 radical (unpaired) electrons. The Hall–Kier alpha value is -1.21. The van der Waals surface area contributed by atoms with Crippen LogP contribution in [-0.4, -0.2) is 14.6 Å². The van der Waals surface area contributed by atoms with Gasteiger partial charge in [0.2, 0.25) is 4.96 Å². The molecule has 0 spiro atoms. The number of fused-ring (bicyclic) bond motifs is 1. The SMILES string of the molecule is Cc1ccsc1/C=c1/sc2nc([C@H]3[C@@H](C=C(Cl)Cl)C3(C)C)nn2c1=O. The van der Waals surface area contributed by atoms with Gasteiger partial charge in [-0.3, -0.25) is 4.79 Å². The molecule has 25 heavy (non-hydrogen) atoms. The maximum atomic E-state index is 12.6. The molecule has 3 aromatic rings. The van der Waals surface area contributed by atoms with E-state index in [1.54, 1.807) is 11.3 Å². The Bertz CT molecular complexity index is 1110. The molecule has 0 saturated heterocycles. The van der Waals surface area contributed by atoms with Crippen LogP contribution >= 0.6 is 45.9 Å². The van der Waals surface area contributed by atoms with Crippen LogP contribution in [0.2, 0.25) is 0 Å². The van der Waals surface area contributed by atoms with Crippen LogP contribution in [0, 0.1) is 18.3 Å². The maximum Gasteiger partial charge on any atom is 0.291 e. The number of nitrogens with zero attached hydrogens (tertiary/aromatic N) is 3. The second-order valence-electron chi connectivity index (χ2n) is 6.83. The lowest BCUT2D eigenvalue weighted by molar-refractivity contribution is 0.585. The van der Waals surface area contributed by atoms with Gasteiger partial charge in [-0.2, -0.15) is 4.52 Å². The highest BCUT2D eigenvalue weighted by atomic mass is 35.5. The first kappa shape index (κ1) is 17.2. The molecule has 2 atom stereocenters. The standard InChI is InChI=1S/C17H15Cl2N3OS2/c1-8-4-5-24-10(8)7-11-15(23)22-16(25-11)20-14(21-22)13-9(6-12(18)19)17(13,2)3/h4-7,9,13H,1-3H3/b11-7+/t9-,13-/m1/s1. The van der Waals surface area contributed by atoms with Crippen molar-refractivity contribution >= 4 is 56.9 Å². The third-order valence-corrected chi connectivity index (χ3v) is 7.03. The van der Waals surface area contributed by atoms with Gasteiger partial charge < -0.3 is 0 Å². The zero-order valence-corrected chi connectivity index (χ0v) is 16.9. The van der Waals surface area contributed by atoms with Gasteiger partial charge in [0.05, 0.1) is 4.53 Å². The van der Waals surface area contributed by atoms with Crippen molar-refractivity contribution in [3.05, 3.63) is 53.2 Å². The smallest absolute Gasteiger partial charge is 0.266 e. The van der Waals surface area contributed by atoms with E-state index in [0.29, 0.717) is 15.3 Å². The van der Waals surface area contributed by atoms with Crippen LogP contribution < -0.4 is 10.1 Å². The van der Waals surface area contributed by atoms with Gasteiger partial charge in [-0.25, -0.2) is 4.98 Å². The number of halogens is 2. The number of thiazole rings is 1. The van der Waals surface area contributed by atoms with E-state index in [2.05, 4.69) is 23.9 Å². The van der Waals surface area contributed by atoms with E-state index >= 15 is 0 Å². The molecule has 0 unspecified atom stereocenters. The normalized spacial score (nSPS) is 22.5. The van der Waals surface area contributed by atoms with Crippen molar-refractivity contribution in [2.75, 3.05) is 0 Å². The summed E-state index contributed by atoms with van der Waals surface area (Å²) in [4.78, 5) is 19.0. The predicted octanol–water partition coefficient (Wildman–Crippen LogP) is 4.13. The molecule has 4 nitrogen and oxygen atoms in total. The molecule has 1 saturated carbocycles. The van der Waals surface area contributed by atoms with Crippen molar-refractivity contribution in [1.29, 1.82) is 0 Å². The van der Waals surface area contributed by atoms with Crippen LogP contribution in [0.3, 0.4) is 0 Å². The molecule has 1 fully saturated rings. The van der Waals surface area contributed by atoms with Gasteiger partial charge in [0.1, 0.15) is 4.49 Å². The fourth-order valence-corrected chi connectivity index (χ4v) is 5.35. The van der Waals surface area contributed by atoms with Gasteiger partial charge in [0, 0.05) is 10.8 Å². The number of hydrogen-bond donors (Lipinski definition) is 0. The van der Waals surface area contributed by atoms with E-state index in [0.717, 1.165) is 10.4 Å². The largest absolute Gasteiger partial charge is 0.291 e. The van der Waals surface area contributed by atoms with E-state index in [4.69, 9.17) is 23.2 Å². The molecule has 3 aromatic heterocycles. The summed E-state index contributed by atoms with van der Waals surface area (Å²) in [5.41, 5.74) is 1.03. The minimum absolute atomic E-state index is 0.0157. The predicted molar refractivity (Wildman–Crippen MR) is 105 cm³/mol. The van der Waals surface area contributed by atoms with E-state index in [-0.39, 0.29) is 27.3 Å². The van der Waals surface area contributed by atoms with Gasteiger partial charge in [0.25, 0.3) is 5.56 Å². The van der Waals surface area contributed by atoms with Gasteiger partial charge >= 0.3 is 0 Å². The zero-order chi connectivity index (χ0) is 17.9. The highest BCUT2D eigenvalue weighted by Gasteiger charge is 2.59. The van der Waals surface area contributed by atoms with E-state index in [9.17, 15) is 4.79 Å². The topological polar surface area (TPSA) is 47.3 Å². The highest BCUT2D eigenvalue weighted by Crippen LogP contribution is 2.64. The third-order valence-electron chi connectivity index (χ3n) is 4.86. The van der Waals surface area contributed by atoms with Crippen LogP contribution in [0.1, 0.15) is 36.0 Å². The number of aromatic nitrogens is 3. The molecule has 8 heteroatoms. The van der Waals surface area contributed by atoms with Gasteiger partial charge in [-0.15, -0.1) is 16.4 Å². The lowest BCUT2D eigenvalue weighted by Crippen LogP contribution is -2.23. The molecule has 4 rings (SSSR count). The van der Waals surface area contributed by atoms with Gasteiger partial charge in [-0.05, 0) is 47.4 Å². The van der Waals surface area contributed by atoms with Crippen LogP contribution in [0.15, 0.2) is 26.8 Å². The molecule has 0 aromatic carbocycles.